The number of sulfonamides is 1. The van der Waals surface area contributed by atoms with Crippen molar-refractivity contribution in [2.75, 3.05) is 41.2 Å². The molecule has 1 amide bonds. The Morgan fingerprint density at radius 2 is 1.74 bits per heavy atom. The van der Waals surface area contributed by atoms with Gasteiger partial charge in [-0.3, -0.25) is 9.52 Å². The van der Waals surface area contributed by atoms with Crippen LogP contribution in [0.1, 0.15) is 10.4 Å². The van der Waals surface area contributed by atoms with E-state index in [1.54, 1.807) is 47.7 Å². The molecular weight excluding hydrogens is 472 g/mol. The Kier molecular flexibility index (Phi) is 6.18. The fourth-order valence-electron chi connectivity index (χ4n) is 3.62. The van der Waals surface area contributed by atoms with Gasteiger partial charge in [-0.1, -0.05) is 35.6 Å². The average Bonchev–Trinajstić information content (AvgIpc) is 3.29. The number of benzene rings is 3. The summed E-state index contributed by atoms with van der Waals surface area (Å²) < 4.78 is 34.1. The molecule has 1 saturated heterocycles. The van der Waals surface area contributed by atoms with Crippen LogP contribution in [0, 0.1) is 0 Å². The number of nitrogens with one attached hydrogen (secondary N) is 2. The van der Waals surface area contributed by atoms with Crippen molar-refractivity contribution in [2.45, 2.75) is 4.90 Å². The molecule has 0 atom stereocenters. The van der Waals surface area contributed by atoms with Gasteiger partial charge in [0, 0.05) is 30.0 Å². The van der Waals surface area contributed by atoms with Crippen LogP contribution in [0.25, 0.3) is 10.2 Å². The highest BCUT2D eigenvalue weighted by Gasteiger charge is 2.17. The lowest BCUT2D eigenvalue weighted by atomic mass is 10.2. The molecule has 1 aliphatic heterocycles. The minimum absolute atomic E-state index is 0.152. The number of hydrogen-bond acceptors (Lipinski definition) is 7. The molecule has 0 aliphatic carbocycles. The van der Waals surface area contributed by atoms with Gasteiger partial charge in [-0.25, -0.2) is 13.4 Å². The molecule has 0 radical (unpaired) electrons. The van der Waals surface area contributed by atoms with Gasteiger partial charge in [0.2, 0.25) is 0 Å². The number of carbonyl (C=O) groups is 1. The normalized spacial score (nSPS) is 14.2. The lowest BCUT2D eigenvalue weighted by molar-refractivity contribution is 0.102. The largest absolute Gasteiger partial charge is 0.378 e. The first-order valence-corrected chi connectivity index (χ1v) is 13.0. The molecule has 0 bridgehead atoms. The maximum atomic E-state index is 12.9. The first-order chi connectivity index (χ1) is 16.5. The van der Waals surface area contributed by atoms with Crippen molar-refractivity contribution in [1.82, 2.24) is 4.98 Å². The molecule has 1 aromatic heterocycles. The smallest absolute Gasteiger partial charge is 0.261 e. The number of amides is 1. The first-order valence-electron chi connectivity index (χ1n) is 10.7. The summed E-state index contributed by atoms with van der Waals surface area (Å²) in [5.74, 6) is -0.335. The summed E-state index contributed by atoms with van der Waals surface area (Å²) in [5, 5.41) is 3.83. The predicted molar refractivity (Wildman–Crippen MR) is 134 cm³/mol. The number of aromatic nitrogens is 1. The zero-order chi connectivity index (χ0) is 23.5. The third-order valence-electron chi connectivity index (χ3n) is 5.35. The van der Waals surface area contributed by atoms with Gasteiger partial charge < -0.3 is 15.0 Å². The molecule has 0 unspecified atom stereocenters. The summed E-state index contributed by atoms with van der Waals surface area (Å²) in [5.41, 5.74) is 2.17. The quantitative estimate of drug-likeness (QED) is 0.417. The van der Waals surface area contributed by atoms with E-state index in [0.29, 0.717) is 30.2 Å². The summed E-state index contributed by atoms with van der Waals surface area (Å²) in [4.78, 5) is 19.9. The zero-order valence-electron chi connectivity index (χ0n) is 18.1. The fourth-order valence-corrected chi connectivity index (χ4v) is 5.75. The molecule has 10 heteroatoms. The number of carbonyl (C=O) groups excluding carboxylic acids is 1. The van der Waals surface area contributed by atoms with Gasteiger partial charge in [0.25, 0.3) is 15.9 Å². The molecule has 0 spiro atoms. The van der Waals surface area contributed by atoms with E-state index >= 15 is 0 Å². The van der Waals surface area contributed by atoms with Crippen molar-refractivity contribution in [3.63, 3.8) is 0 Å². The van der Waals surface area contributed by atoms with Gasteiger partial charge in [0.05, 0.1) is 28.3 Å². The second-order valence-corrected chi connectivity index (χ2v) is 10.4. The van der Waals surface area contributed by atoms with Crippen LogP contribution in [0.15, 0.2) is 77.7 Å². The van der Waals surface area contributed by atoms with Crippen LogP contribution in [-0.4, -0.2) is 45.6 Å². The van der Waals surface area contributed by atoms with Crippen LogP contribution in [0.2, 0.25) is 0 Å². The summed E-state index contributed by atoms with van der Waals surface area (Å²) in [6.07, 6.45) is 0. The summed E-state index contributed by atoms with van der Waals surface area (Å²) >= 11 is 1.58. The number of fused-ring (bicyclic) bond motifs is 1. The predicted octanol–water partition coefficient (Wildman–Crippen LogP) is 4.19. The van der Waals surface area contributed by atoms with E-state index in [9.17, 15) is 13.2 Å². The molecule has 5 rings (SSSR count). The molecule has 2 N–H and O–H groups in total. The lowest BCUT2D eigenvalue weighted by Crippen LogP contribution is -2.36. The Balaban J connectivity index is 1.31. The topological polar surface area (TPSA) is 101 Å². The molecular formula is C24H22N4O4S2. The van der Waals surface area contributed by atoms with Crippen LogP contribution < -0.4 is 14.9 Å². The van der Waals surface area contributed by atoms with Crippen molar-refractivity contribution in [1.29, 1.82) is 0 Å². The standard InChI is InChI=1S/C24H22N4O4S2/c29-23(17-5-4-6-19(15-17)27-34(30,31)20-7-2-1-3-8-20)25-18-9-10-21-22(16-18)33-24(26-21)28-11-13-32-14-12-28/h1-10,15-16,27H,11-14H2,(H,25,29). The van der Waals surface area contributed by atoms with Crippen molar-refractivity contribution in [3.05, 3.63) is 78.4 Å². The summed E-state index contributed by atoms with van der Waals surface area (Å²) in [6.45, 7) is 3.01. The van der Waals surface area contributed by atoms with Crippen LogP contribution in [-0.2, 0) is 14.8 Å². The van der Waals surface area contributed by atoms with Gasteiger partial charge in [-0.15, -0.1) is 0 Å². The molecule has 174 valence electrons. The zero-order valence-corrected chi connectivity index (χ0v) is 19.7. The van der Waals surface area contributed by atoms with Crippen LogP contribution in [0.4, 0.5) is 16.5 Å². The SMILES string of the molecule is O=C(Nc1ccc2nc(N3CCOCC3)sc2c1)c1cccc(NS(=O)(=O)c2ccccc2)c1. The Bertz CT molecular complexity index is 1430. The van der Waals surface area contributed by atoms with Gasteiger partial charge in [-0.05, 0) is 48.5 Å². The second kappa shape index (κ2) is 9.41. The van der Waals surface area contributed by atoms with Gasteiger partial charge in [-0.2, -0.15) is 0 Å². The summed E-state index contributed by atoms with van der Waals surface area (Å²) in [6, 6.07) is 20.1. The highest BCUT2D eigenvalue weighted by atomic mass is 32.2. The van der Waals surface area contributed by atoms with Crippen molar-refractivity contribution in [3.8, 4) is 0 Å². The van der Waals surface area contributed by atoms with Crippen LogP contribution >= 0.6 is 11.3 Å². The number of nitrogens with zero attached hydrogens (tertiary/aromatic N) is 2. The third-order valence-corrected chi connectivity index (χ3v) is 7.82. The Labute approximate surface area is 201 Å². The molecule has 34 heavy (non-hydrogen) atoms. The molecule has 8 nitrogen and oxygen atoms in total. The number of rotatable bonds is 6. The summed E-state index contributed by atoms with van der Waals surface area (Å²) in [7, 11) is -3.75. The van der Waals surface area contributed by atoms with Crippen LogP contribution in [0.3, 0.4) is 0 Å². The number of ether oxygens (including phenoxy) is 1. The number of morpholine rings is 1. The third kappa shape index (κ3) is 4.89. The maximum absolute atomic E-state index is 12.9. The Morgan fingerprint density at radius 3 is 2.53 bits per heavy atom. The first kappa shape index (κ1) is 22.3. The van der Waals surface area contributed by atoms with Gasteiger partial charge in [0.15, 0.2) is 5.13 Å². The molecule has 3 aromatic carbocycles. The Morgan fingerprint density at radius 1 is 0.941 bits per heavy atom. The highest BCUT2D eigenvalue weighted by molar-refractivity contribution is 7.92. The van der Waals surface area contributed by atoms with E-state index in [1.807, 2.05) is 18.2 Å². The average molecular weight is 495 g/mol. The van der Waals surface area contributed by atoms with Crippen molar-refractivity contribution < 1.29 is 17.9 Å². The number of anilines is 3. The highest BCUT2D eigenvalue weighted by Crippen LogP contribution is 2.31. The van der Waals surface area contributed by atoms with Crippen LogP contribution in [0.5, 0.6) is 0 Å². The van der Waals surface area contributed by atoms with Gasteiger partial charge in [0.1, 0.15) is 0 Å². The minimum atomic E-state index is -3.75. The van der Waals surface area contributed by atoms with Crippen molar-refractivity contribution >= 4 is 54.0 Å². The fraction of sp³-hybridized carbons (Fsp3) is 0.167. The maximum Gasteiger partial charge on any atom is 0.261 e. The number of thiazole rings is 1. The lowest BCUT2D eigenvalue weighted by Gasteiger charge is -2.25. The second-order valence-electron chi connectivity index (χ2n) is 7.73. The van der Waals surface area contributed by atoms with E-state index in [0.717, 1.165) is 28.4 Å². The van der Waals surface area contributed by atoms with E-state index < -0.39 is 10.0 Å². The van der Waals surface area contributed by atoms with Gasteiger partial charge >= 0.3 is 0 Å². The molecule has 1 aliphatic rings. The molecule has 2 heterocycles. The van der Waals surface area contributed by atoms with E-state index in [4.69, 9.17) is 9.72 Å². The Hall–Kier alpha value is -3.47. The van der Waals surface area contributed by atoms with Crippen molar-refractivity contribution in [2.24, 2.45) is 0 Å². The van der Waals surface area contributed by atoms with E-state index in [2.05, 4.69) is 14.9 Å². The molecule has 4 aromatic rings. The van der Waals surface area contributed by atoms with E-state index in [-0.39, 0.29) is 10.8 Å². The molecule has 1 fully saturated rings. The monoisotopic (exact) mass is 494 g/mol. The minimum Gasteiger partial charge on any atom is -0.378 e. The molecule has 0 saturated carbocycles. The number of hydrogen-bond donors (Lipinski definition) is 2. The van der Waals surface area contributed by atoms with E-state index in [1.165, 1.54) is 18.2 Å².